The first-order valence-electron chi connectivity index (χ1n) is 8.51. The maximum Gasteiger partial charge on any atom is 0.0382 e. The van der Waals surface area contributed by atoms with Crippen LogP contribution in [-0.2, 0) is 0 Å². The van der Waals surface area contributed by atoms with Crippen LogP contribution < -0.4 is 5.73 Å². The highest BCUT2D eigenvalue weighted by Crippen LogP contribution is 2.47. The van der Waals surface area contributed by atoms with Gasteiger partial charge in [0.05, 0.1) is 0 Å². The fourth-order valence-corrected chi connectivity index (χ4v) is 4.65. The predicted octanol–water partition coefficient (Wildman–Crippen LogP) is 3.80. The van der Waals surface area contributed by atoms with E-state index >= 15 is 0 Å². The Hall–Kier alpha value is -0.0800. The van der Waals surface area contributed by atoms with Gasteiger partial charge in [-0.3, -0.25) is 4.90 Å². The van der Waals surface area contributed by atoms with Crippen molar-refractivity contribution in [3.05, 3.63) is 0 Å². The van der Waals surface area contributed by atoms with Crippen molar-refractivity contribution in [2.45, 2.75) is 77.7 Å². The minimum atomic E-state index is 0.272. The second kappa shape index (κ2) is 6.13. The smallest absolute Gasteiger partial charge is 0.0382 e. The largest absolute Gasteiger partial charge is 0.329 e. The van der Waals surface area contributed by atoms with E-state index in [1.165, 1.54) is 64.5 Å². The predicted molar refractivity (Wildman–Crippen MR) is 83.2 cm³/mol. The summed E-state index contributed by atoms with van der Waals surface area (Å²) in [6.07, 6.45) is 10.9. The number of nitrogens with two attached hydrogens (primary N) is 1. The Labute approximate surface area is 120 Å². The third-order valence-electron chi connectivity index (χ3n) is 6.27. The molecule has 1 saturated carbocycles. The van der Waals surface area contributed by atoms with Gasteiger partial charge in [-0.2, -0.15) is 0 Å². The quantitative estimate of drug-likeness (QED) is 0.842. The molecule has 0 aromatic carbocycles. The van der Waals surface area contributed by atoms with E-state index in [0.717, 1.165) is 12.5 Å². The van der Waals surface area contributed by atoms with E-state index in [1.54, 1.807) is 0 Å². The maximum atomic E-state index is 6.32. The van der Waals surface area contributed by atoms with Crippen molar-refractivity contribution in [3.63, 3.8) is 0 Å². The Morgan fingerprint density at radius 1 is 1.05 bits per heavy atom. The Balaban J connectivity index is 2.15. The van der Waals surface area contributed by atoms with Gasteiger partial charge in [-0.25, -0.2) is 0 Å². The first kappa shape index (κ1) is 15.3. The van der Waals surface area contributed by atoms with Gasteiger partial charge >= 0.3 is 0 Å². The third kappa shape index (κ3) is 2.85. The Morgan fingerprint density at radius 3 is 2.42 bits per heavy atom. The van der Waals surface area contributed by atoms with Crippen molar-refractivity contribution < 1.29 is 0 Å². The molecule has 19 heavy (non-hydrogen) atoms. The summed E-state index contributed by atoms with van der Waals surface area (Å²) < 4.78 is 0. The van der Waals surface area contributed by atoms with E-state index in [0.29, 0.717) is 5.41 Å². The van der Waals surface area contributed by atoms with Crippen LogP contribution in [0.25, 0.3) is 0 Å². The maximum absolute atomic E-state index is 6.32. The molecule has 0 spiro atoms. The van der Waals surface area contributed by atoms with Gasteiger partial charge in [-0.1, -0.05) is 40.0 Å². The van der Waals surface area contributed by atoms with Crippen LogP contribution in [0.4, 0.5) is 0 Å². The molecule has 2 unspecified atom stereocenters. The van der Waals surface area contributed by atoms with Gasteiger partial charge in [0.25, 0.3) is 0 Å². The first-order chi connectivity index (χ1) is 9.05. The molecule has 2 nitrogen and oxygen atoms in total. The van der Waals surface area contributed by atoms with Gasteiger partial charge in [0, 0.05) is 12.1 Å². The van der Waals surface area contributed by atoms with Gasteiger partial charge in [-0.05, 0) is 56.5 Å². The van der Waals surface area contributed by atoms with Crippen molar-refractivity contribution >= 4 is 0 Å². The second-order valence-corrected chi connectivity index (χ2v) is 7.52. The summed E-state index contributed by atoms with van der Waals surface area (Å²) in [7, 11) is 0. The molecule has 1 aliphatic heterocycles. The van der Waals surface area contributed by atoms with Gasteiger partial charge in [0.1, 0.15) is 0 Å². The second-order valence-electron chi connectivity index (χ2n) is 7.52. The van der Waals surface area contributed by atoms with E-state index in [9.17, 15) is 0 Å². The van der Waals surface area contributed by atoms with Crippen molar-refractivity contribution in [1.29, 1.82) is 0 Å². The highest BCUT2D eigenvalue weighted by molar-refractivity contribution is 5.05. The normalized spacial score (nSPS) is 36.9. The molecule has 0 aromatic heterocycles. The van der Waals surface area contributed by atoms with E-state index < -0.39 is 0 Å². The molecule has 2 aliphatic rings. The molecule has 2 atom stereocenters. The van der Waals surface area contributed by atoms with Gasteiger partial charge in [0.15, 0.2) is 0 Å². The standard InChI is InChI=1S/C17H34N2/c1-4-15-8-7-12-19(13-9-15)17(14-18)11-6-5-10-16(17,2)3/h15H,4-14,18H2,1-3H3. The molecular weight excluding hydrogens is 232 g/mol. The third-order valence-corrected chi connectivity index (χ3v) is 6.27. The average molecular weight is 266 g/mol. The lowest BCUT2D eigenvalue weighted by atomic mass is 9.62. The average Bonchev–Trinajstić information content (AvgIpc) is 2.64. The molecule has 2 fully saturated rings. The zero-order valence-corrected chi connectivity index (χ0v) is 13.4. The highest BCUT2D eigenvalue weighted by atomic mass is 15.2. The summed E-state index contributed by atoms with van der Waals surface area (Å²) in [5, 5.41) is 0. The van der Waals surface area contributed by atoms with Crippen LogP contribution in [0.1, 0.15) is 72.1 Å². The number of rotatable bonds is 3. The van der Waals surface area contributed by atoms with Crippen LogP contribution in [0.2, 0.25) is 0 Å². The highest BCUT2D eigenvalue weighted by Gasteiger charge is 2.49. The summed E-state index contributed by atoms with van der Waals surface area (Å²) in [5.41, 5.74) is 6.97. The minimum absolute atomic E-state index is 0.272. The summed E-state index contributed by atoms with van der Waals surface area (Å²) in [5.74, 6) is 0.950. The van der Waals surface area contributed by atoms with Crippen molar-refractivity contribution in [1.82, 2.24) is 4.90 Å². The summed E-state index contributed by atoms with van der Waals surface area (Å²) >= 11 is 0. The lowest BCUT2D eigenvalue weighted by molar-refractivity contribution is -0.0427. The molecule has 0 radical (unpaired) electrons. The monoisotopic (exact) mass is 266 g/mol. The Morgan fingerprint density at radius 2 is 1.79 bits per heavy atom. The molecule has 2 N–H and O–H groups in total. The molecule has 0 bridgehead atoms. The number of nitrogens with zero attached hydrogens (tertiary/aromatic N) is 1. The van der Waals surface area contributed by atoms with Crippen molar-refractivity contribution in [2.24, 2.45) is 17.1 Å². The zero-order chi connectivity index (χ0) is 13.9. The lowest BCUT2D eigenvalue weighted by Gasteiger charge is -2.56. The van der Waals surface area contributed by atoms with Crippen LogP contribution in [0, 0.1) is 11.3 Å². The molecule has 0 aromatic rings. The van der Waals surface area contributed by atoms with Crippen molar-refractivity contribution in [3.8, 4) is 0 Å². The molecule has 2 rings (SSSR count). The summed E-state index contributed by atoms with van der Waals surface area (Å²) in [4.78, 5) is 2.79. The fraction of sp³-hybridized carbons (Fsp3) is 1.00. The van der Waals surface area contributed by atoms with Crippen LogP contribution in [0.5, 0.6) is 0 Å². The van der Waals surface area contributed by atoms with Crippen LogP contribution in [0.3, 0.4) is 0 Å². The number of likely N-dealkylation sites (tertiary alicyclic amines) is 1. The molecule has 1 aliphatic carbocycles. The minimum Gasteiger partial charge on any atom is -0.329 e. The number of hydrogen-bond donors (Lipinski definition) is 1. The first-order valence-corrected chi connectivity index (χ1v) is 8.51. The summed E-state index contributed by atoms with van der Waals surface area (Å²) in [6.45, 7) is 10.7. The summed E-state index contributed by atoms with van der Waals surface area (Å²) in [6, 6.07) is 0. The molecule has 1 heterocycles. The van der Waals surface area contributed by atoms with Gasteiger partial charge < -0.3 is 5.73 Å². The SMILES string of the molecule is CCC1CCCN(C2(CN)CCCCC2(C)C)CC1. The van der Waals surface area contributed by atoms with Crippen LogP contribution >= 0.6 is 0 Å². The van der Waals surface area contributed by atoms with Crippen LogP contribution in [0.15, 0.2) is 0 Å². The molecule has 112 valence electrons. The molecular formula is C17H34N2. The molecule has 0 amide bonds. The van der Waals surface area contributed by atoms with E-state index in [1.807, 2.05) is 0 Å². The van der Waals surface area contributed by atoms with Gasteiger partial charge in [-0.15, -0.1) is 0 Å². The van der Waals surface area contributed by atoms with Crippen molar-refractivity contribution in [2.75, 3.05) is 19.6 Å². The fourth-order valence-electron chi connectivity index (χ4n) is 4.65. The van der Waals surface area contributed by atoms with Crippen LogP contribution in [-0.4, -0.2) is 30.1 Å². The Kier molecular flexibility index (Phi) is 4.94. The number of hydrogen-bond acceptors (Lipinski definition) is 2. The molecule has 1 saturated heterocycles. The van der Waals surface area contributed by atoms with E-state index in [-0.39, 0.29) is 5.54 Å². The van der Waals surface area contributed by atoms with E-state index in [4.69, 9.17) is 5.73 Å². The lowest BCUT2D eigenvalue weighted by Crippen LogP contribution is -2.63. The zero-order valence-electron chi connectivity index (χ0n) is 13.4. The molecule has 2 heteroatoms. The van der Waals surface area contributed by atoms with Gasteiger partial charge in [0.2, 0.25) is 0 Å². The topological polar surface area (TPSA) is 29.3 Å². The Bertz CT molecular complexity index is 287. The van der Waals surface area contributed by atoms with E-state index in [2.05, 4.69) is 25.7 Å².